The van der Waals surface area contributed by atoms with Gasteiger partial charge in [-0.1, -0.05) is 6.92 Å². The molecule has 0 saturated heterocycles. The molecule has 0 unspecified atom stereocenters. The lowest BCUT2D eigenvalue weighted by Gasteiger charge is -2.22. The Morgan fingerprint density at radius 2 is 1.93 bits per heavy atom. The molecule has 0 saturated carbocycles. The summed E-state index contributed by atoms with van der Waals surface area (Å²) in [6.07, 6.45) is 3.68. The first-order chi connectivity index (χ1) is 7.11. The van der Waals surface area contributed by atoms with Crippen molar-refractivity contribution in [1.82, 2.24) is 10.2 Å². The standard InChI is InChI=1S/C11H24N4/c1-4-14-8-9-15(5-2)11(13)7-6-10(3)12/h6-7,14H,4-5,8-9,12-13H2,1-3H3/b10-6-,11-7+. The first-order valence-electron chi connectivity index (χ1n) is 5.47. The highest BCUT2D eigenvalue weighted by molar-refractivity contribution is 5.12. The normalized spacial score (nSPS) is 13.0. The summed E-state index contributed by atoms with van der Waals surface area (Å²) in [5, 5.41) is 3.27. The molecule has 0 bridgehead atoms. The Hall–Kier alpha value is -1.16. The van der Waals surface area contributed by atoms with Gasteiger partial charge in [-0.15, -0.1) is 0 Å². The molecule has 0 spiro atoms. The minimum Gasteiger partial charge on any atom is -0.402 e. The van der Waals surface area contributed by atoms with Crippen LogP contribution in [0.5, 0.6) is 0 Å². The third-order valence-electron chi connectivity index (χ3n) is 2.07. The van der Waals surface area contributed by atoms with Gasteiger partial charge in [-0.05, 0) is 32.5 Å². The van der Waals surface area contributed by atoms with Crippen molar-refractivity contribution in [2.24, 2.45) is 11.5 Å². The predicted molar refractivity (Wildman–Crippen MR) is 66.0 cm³/mol. The smallest absolute Gasteiger partial charge is 0.0987 e. The molecule has 0 atom stereocenters. The van der Waals surface area contributed by atoms with E-state index in [4.69, 9.17) is 11.5 Å². The van der Waals surface area contributed by atoms with Crippen LogP contribution in [0.3, 0.4) is 0 Å². The topological polar surface area (TPSA) is 67.3 Å². The minimum atomic E-state index is 0.764. The van der Waals surface area contributed by atoms with Crippen molar-refractivity contribution >= 4 is 0 Å². The molecular weight excluding hydrogens is 188 g/mol. The molecule has 0 aliphatic rings. The number of rotatable bonds is 7. The summed E-state index contributed by atoms with van der Waals surface area (Å²) in [6.45, 7) is 9.79. The van der Waals surface area contributed by atoms with Crippen LogP contribution < -0.4 is 16.8 Å². The molecule has 5 N–H and O–H groups in total. The molecule has 0 amide bonds. The Morgan fingerprint density at radius 1 is 1.27 bits per heavy atom. The summed E-state index contributed by atoms with van der Waals surface area (Å²) < 4.78 is 0. The van der Waals surface area contributed by atoms with Crippen molar-refractivity contribution in [3.63, 3.8) is 0 Å². The minimum absolute atomic E-state index is 0.764. The SMILES string of the molecule is CCNCCN(CC)/C(N)=C/C=C(/C)N. The highest BCUT2D eigenvalue weighted by atomic mass is 15.2. The van der Waals surface area contributed by atoms with E-state index in [1.807, 2.05) is 19.1 Å². The molecule has 0 aromatic heterocycles. The van der Waals surface area contributed by atoms with Crippen LogP contribution in [-0.4, -0.2) is 31.1 Å². The van der Waals surface area contributed by atoms with Gasteiger partial charge < -0.3 is 21.7 Å². The number of allylic oxidation sites excluding steroid dienone is 3. The van der Waals surface area contributed by atoms with Crippen molar-refractivity contribution in [3.8, 4) is 0 Å². The van der Waals surface area contributed by atoms with Crippen LogP contribution in [0.4, 0.5) is 0 Å². The quantitative estimate of drug-likeness (QED) is 0.426. The first kappa shape index (κ1) is 13.8. The maximum absolute atomic E-state index is 5.92. The molecule has 0 rings (SSSR count). The highest BCUT2D eigenvalue weighted by Gasteiger charge is 2.01. The lowest BCUT2D eigenvalue weighted by Crippen LogP contribution is -2.34. The number of nitrogens with zero attached hydrogens (tertiary/aromatic N) is 1. The van der Waals surface area contributed by atoms with Crippen molar-refractivity contribution < 1.29 is 0 Å². The van der Waals surface area contributed by atoms with Crippen LogP contribution >= 0.6 is 0 Å². The maximum atomic E-state index is 5.92. The fraction of sp³-hybridized carbons (Fsp3) is 0.636. The van der Waals surface area contributed by atoms with Gasteiger partial charge >= 0.3 is 0 Å². The Morgan fingerprint density at radius 3 is 2.40 bits per heavy atom. The number of nitrogens with one attached hydrogen (secondary N) is 1. The van der Waals surface area contributed by atoms with Gasteiger partial charge in [-0.25, -0.2) is 0 Å². The fourth-order valence-electron chi connectivity index (χ4n) is 1.18. The third-order valence-corrected chi connectivity index (χ3v) is 2.07. The summed E-state index contributed by atoms with van der Waals surface area (Å²) in [6, 6.07) is 0. The zero-order valence-corrected chi connectivity index (χ0v) is 10.1. The van der Waals surface area contributed by atoms with Crippen LogP contribution in [0.15, 0.2) is 23.7 Å². The summed E-state index contributed by atoms with van der Waals surface area (Å²) in [7, 11) is 0. The van der Waals surface area contributed by atoms with Gasteiger partial charge in [0, 0.05) is 25.3 Å². The van der Waals surface area contributed by atoms with E-state index in [-0.39, 0.29) is 0 Å². The fourth-order valence-corrected chi connectivity index (χ4v) is 1.18. The summed E-state index contributed by atoms with van der Waals surface area (Å²) in [5.41, 5.74) is 12.2. The van der Waals surface area contributed by atoms with Crippen molar-refractivity contribution in [2.45, 2.75) is 20.8 Å². The number of hydrogen-bond acceptors (Lipinski definition) is 4. The number of nitrogens with two attached hydrogens (primary N) is 2. The summed E-state index contributed by atoms with van der Waals surface area (Å²) in [5.74, 6) is 0.764. The monoisotopic (exact) mass is 212 g/mol. The van der Waals surface area contributed by atoms with Crippen LogP contribution in [0, 0.1) is 0 Å². The average molecular weight is 212 g/mol. The lowest BCUT2D eigenvalue weighted by molar-refractivity contribution is 0.355. The van der Waals surface area contributed by atoms with Crippen molar-refractivity contribution in [1.29, 1.82) is 0 Å². The van der Waals surface area contributed by atoms with E-state index >= 15 is 0 Å². The van der Waals surface area contributed by atoms with Crippen LogP contribution in [0.2, 0.25) is 0 Å². The molecular formula is C11H24N4. The zero-order chi connectivity index (χ0) is 11.7. The largest absolute Gasteiger partial charge is 0.402 e. The molecule has 0 aliphatic heterocycles. The van der Waals surface area contributed by atoms with E-state index in [0.717, 1.165) is 37.7 Å². The Labute approximate surface area is 93.0 Å². The van der Waals surface area contributed by atoms with Gasteiger partial charge in [0.05, 0.1) is 5.82 Å². The van der Waals surface area contributed by atoms with Crippen molar-refractivity contribution in [2.75, 3.05) is 26.2 Å². The van der Waals surface area contributed by atoms with Gasteiger partial charge in [0.25, 0.3) is 0 Å². The third kappa shape index (κ3) is 6.85. The molecule has 0 aromatic carbocycles. The van der Waals surface area contributed by atoms with Gasteiger partial charge in [-0.3, -0.25) is 0 Å². The van der Waals surface area contributed by atoms with Crippen LogP contribution in [0.25, 0.3) is 0 Å². The predicted octanol–water partition coefficient (Wildman–Crippen LogP) is 0.580. The average Bonchev–Trinajstić information content (AvgIpc) is 2.21. The van der Waals surface area contributed by atoms with E-state index in [1.165, 1.54) is 0 Å². The van der Waals surface area contributed by atoms with E-state index in [9.17, 15) is 0 Å². The van der Waals surface area contributed by atoms with E-state index in [2.05, 4.69) is 24.1 Å². The Kier molecular flexibility index (Phi) is 7.54. The molecule has 0 fully saturated rings. The second-order valence-corrected chi connectivity index (χ2v) is 3.44. The van der Waals surface area contributed by atoms with Gasteiger partial charge in [0.2, 0.25) is 0 Å². The highest BCUT2D eigenvalue weighted by Crippen LogP contribution is 1.97. The van der Waals surface area contributed by atoms with E-state index in [1.54, 1.807) is 0 Å². The van der Waals surface area contributed by atoms with Crippen LogP contribution in [0.1, 0.15) is 20.8 Å². The van der Waals surface area contributed by atoms with Gasteiger partial charge in [0.15, 0.2) is 0 Å². The molecule has 4 nitrogen and oxygen atoms in total. The molecule has 0 radical (unpaired) electrons. The van der Waals surface area contributed by atoms with Crippen LogP contribution in [-0.2, 0) is 0 Å². The first-order valence-corrected chi connectivity index (χ1v) is 5.47. The molecule has 4 heteroatoms. The summed E-state index contributed by atoms with van der Waals surface area (Å²) >= 11 is 0. The lowest BCUT2D eigenvalue weighted by atomic mass is 10.4. The van der Waals surface area contributed by atoms with Gasteiger partial charge in [-0.2, -0.15) is 0 Å². The molecule has 0 heterocycles. The Balaban J connectivity index is 4.14. The number of hydrogen-bond donors (Lipinski definition) is 3. The van der Waals surface area contributed by atoms with E-state index in [0.29, 0.717) is 0 Å². The Bertz CT molecular complexity index is 217. The molecule has 15 heavy (non-hydrogen) atoms. The van der Waals surface area contributed by atoms with E-state index < -0.39 is 0 Å². The zero-order valence-electron chi connectivity index (χ0n) is 10.1. The molecule has 0 aliphatic carbocycles. The van der Waals surface area contributed by atoms with Crippen molar-refractivity contribution in [3.05, 3.63) is 23.7 Å². The molecule has 0 aromatic rings. The van der Waals surface area contributed by atoms with Gasteiger partial charge in [0.1, 0.15) is 0 Å². The maximum Gasteiger partial charge on any atom is 0.0987 e. The number of likely N-dealkylation sites (N-methyl/N-ethyl adjacent to an activating group) is 2. The second-order valence-electron chi connectivity index (χ2n) is 3.44. The summed E-state index contributed by atoms with van der Waals surface area (Å²) in [4.78, 5) is 2.11. The molecule has 88 valence electrons. The second kappa shape index (κ2) is 8.17.